The summed E-state index contributed by atoms with van der Waals surface area (Å²) in [6.45, 7) is 2.04. The second kappa shape index (κ2) is 7.60. The van der Waals surface area contributed by atoms with Gasteiger partial charge in [-0.1, -0.05) is 64.8 Å². The van der Waals surface area contributed by atoms with Crippen molar-refractivity contribution in [3.63, 3.8) is 0 Å². The van der Waals surface area contributed by atoms with E-state index in [0.717, 1.165) is 11.4 Å². The summed E-state index contributed by atoms with van der Waals surface area (Å²) < 4.78 is 1.89. The SMILES string of the molecule is Cc1ccc(-c2nnc(SCC(=O)c3ccc(Cl)c(Cl)c3)n2C)cc1. The van der Waals surface area contributed by atoms with Crippen LogP contribution in [0.5, 0.6) is 0 Å². The van der Waals surface area contributed by atoms with Gasteiger partial charge in [-0.05, 0) is 25.1 Å². The molecule has 0 unspecified atom stereocenters. The summed E-state index contributed by atoms with van der Waals surface area (Å²) in [5, 5.41) is 9.91. The Morgan fingerprint density at radius 1 is 1.08 bits per heavy atom. The molecule has 0 radical (unpaired) electrons. The minimum absolute atomic E-state index is 0.0385. The highest BCUT2D eigenvalue weighted by Gasteiger charge is 2.14. The molecular weight excluding hydrogens is 377 g/mol. The van der Waals surface area contributed by atoms with E-state index < -0.39 is 0 Å². The van der Waals surface area contributed by atoms with E-state index in [4.69, 9.17) is 23.2 Å². The maximum atomic E-state index is 12.3. The molecule has 0 aliphatic rings. The summed E-state index contributed by atoms with van der Waals surface area (Å²) >= 11 is 13.2. The fraction of sp³-hybridized carbons (Fsp3) is 0.167. The zero-order valence-corrected chi connectivity index (χ0v) is 16.0. The molecule has 0 saturated carbocycles. The molecule has 0 bridgehead atoms. The summed E-state index contributed by atoms with van der Waals surface area (Å²) in [6, 6.07) is 13.0. The average Bonchev–Trinajstić information content (AvgIpc) is 2.96. The molecule has 3 rings (SSSR count). The van der Waals surface area contributed by atoms with Crippen LogP contribution in [0.15, 0.2) is 47.6 Å². The predicted molar refractivity (Wildman–Crippen MR) is 103 cm³/mol. The van der Waals surface area contributed by atoms with E-state index in [-0.39, 0.29) is 11.5 Å². The van der Waals surface area contributed by atoms with Crippen LogP contribution in [0.3, 0.4) is 0 Å². The largest absolute Gasteiger partial charge is 0.305 e. The Balaban J connectivity index is 1.72. The van der Waals surface area contributed by atoms with E-state index in [1.807, 2.05) is 42.8 Å². The second-order valence-electron chi connectivity index (χ2n) is 5.57. The van der Waals surface area contributed by atoms with Gasteiger partial charge in [0.05, 0.1) is 15.8 Å². The van der Waals surface area contributed by atoms with Crippen LogP contribution >= 0.6 is 35.0 Å². The van der Waals surface area contributed by atoms with E-state index in [0.29, 0.717) is 20.8 Å². The lowest BCUT2D eigenvalue weighted by Gasteiger charge is -2.05. The van der Waals surface area contributed by atoms with Crippen molar-refractivity contribution in [1.82, 2.24) is 14.8 Å². The van der Waals surface area contributed by atoms with Crippen LogP contribution in [0.2, 0.25) is 10.0 Å². The van der Waals surface area contributed by atoms with Crippen molar-refractivity contribution in [2.24, 2.45) is 7.05 Å². The topological polar surface area (TPSA) is 47.8 Å². The third kappa shape index (κ3) is 4.06. The van der Waals surface area contributed by atoms with Crippen LogP contribution < -0.4 is 0 Å². The van der Waals surface area contributed by atoms with Crippen LogP contribution in [0.25, 0.3) is 11.4 Å². The summed E-state index contributed by atoms with van der Waals surface area (Å²) in [6.07, 6.45) is 0. The minimum Gasteiger partial charge on any atom is -0.305 e. The maximum Gasteiger partial charge on any atom is 0.191 e. The molecule has 128 valence electrons. The van der Waals surface area contributed by atoms with Gasteiger partial charge in [0, 0.05) is 18.2 Å². The van der Waals surface area contributed by atoms with Gasteiger partial charge in [0.25, 0.3) is 0 Å². The maximum absolute atomic E-state index is 12.3. The highest BCUT2D eigenvalue weighted by Crippen LogP contribution is 2.26. The van der Waals surface area contributed by atoms with Crippen molar-refractivity contribution in [2.45, 2.75) is 12.1 Å². The standard InChI is InChI=1S/C18H15Cl2N3OS/c1-11-3-5-12(6-4-11)17-21-22-18(23(17)2)25-10-16(24)13-7-8-14(19)15(20)9-13/h3-9H,10H2,1-2H3. The Bertz CT molecular complexity index is 923. The summed E-state index contributed by atoms with van der Waals surface area (Å²) in [5.74, 6) is 0.977. The van der Waals surface area contributed by atoms with Crippen LogP contribution in [0.1, 0.15) is 15.9 Å². The van der Waals surface area contributed by atoms with Gasteiger partial charge in [-0.3, -0.25) is 4.79 Å². The van der Waals surface area contributed by atoms with E-state index in [1.54, 1.807) is 18.2 Å². The highest BCUT2D eigenvalue weighted by atomic mass is 35.5. The number of hydrogen-bond donors (Lipinski definition) is 0. The molecule has 25 heavy (non-hydrogen) atoms. The van der Waals surface area contributed by atoms with Crippen molar-refractivity contribution in [3.05, 3.63) is 63.6 Å². The van der Waals surface area contributed by atoms with Gasteiger partial charge in [-0.15, -0.1) is 10.2 Å². The molecule has 0 saturated heterocycles. The van der Waals surface area contributed by atoms with Gasteiger partial charge in [0.2, 0.25) is 0 Å². The molecule has 0 atom stereocenters. The first-order valence-corrected chi connectivity index (χ1v) is 9.27. The Hall–Kier alpha value is -1.82. The van der Waals surface area contributed by atoms with Crippen molar-refractivity contribution < 1.29 is 4.79 Å². The number of halogens is 2. The first-order valence-electron chi connectivity index (χ1n) is 7.53. The Morgan fingerprint density at radius 3 is 2.48 bits per heavy atom. The summed E-state index contributed by atoms with van der Waals surface area (Å²) in [4.78, 5) is 12.3. The third-order valence-corrected chi connectivity index (χ3v) is 5.48. The molecule has 0 aliphatic carbocycles. The highest BCUT2D eigenvalue weighted by molar-refractivity contribution is 7.99. The Kier molecular flexibility index (Phi) is 5.47. The Morgan fingerprint density at radius 2 is 1.80 bits per heavy atom. The number of rotatable bonds is 5. The molecule has 3 aromatic rings. The van der Waals surface area contributed by atoms with Gasteiger partial charge >= 0.3 is 0 Å². The molecule has 0 amide bonds. The second-order valence-corrected chi connectivity index (χ2v) is 7.33. The fourth-order valence-electron chi connectivity index (χ4n) is 2.28. The molecule has 7 heteroatoms. The van der Waals surface area contributed by atoms with E-state index in [1.165, 1.54) is 17.3 Å². The first kappa shape index (κ1) is 18.0. The van der Waals surface area contributed by atoms with E-state index in [9.17, 15) is 4.79 Å². The number of Topliss-reactive ketones (excluding diaryl/α,β-unsaturated/α-hetero) is 1. The zero-order valence-electron chi connectivity index (χ0n) is 13.7. The van der Waals surface area contributed by atoms with Crippen molar-refractivity contribution in [2.75, 3.05) is 5.75 Å². The lowest BCUT2D eigenvalue weighted by Crippen LogP contribution is -2.04. The van der Waals surface area contributed by atoms with Crippen LogP contribution in [0, 0.1) is 6.92 Å². The number of aryl methyl sites for hydroxylation is 1. The molecule has 1 heterocycles. The number of thioether (sulfide) groups is 1. The van der Waals surface area contributed by atoms with Crippen molar-refractivity contribution in [3.8, 4) is 11.4 Å². The number of carbonyl (C=O) groups excluding carboxylic acids is 1. The van der Waals surface area contributed by atoms with Crippen LogP contribution in [0.4, 0.5) is 0 Å². The number of aromatic nitrogens is 3. The summed E-state index contributed by atoms with van der Waals surface area (Å²) in [7, 11) is 1.89. The van der Waals surface area contributed by atoms with Gasteiger partial charge in [-0.2, -0.15) is 0 Å². The smallest absolute Gasteiger partial charge is 0.191 e. The number of nitrogens with zero attached hydrogens (tertiary/aromatic N) is 3. The minimum atomic E-state index is -0.0385. The molecule has 0 spiro atoms. The van der Waals surface area contributed by atoms with Crippen LogP contribution in [-0.2, 0) is 7.05 Å². The fourth-order valence-corrected chi connectivity index (χ4v) is 3.38. The normalized spacial score (nSPS) is 10.9. The predicted octanol–water partition coefficient (Wildman–Crippen LogP) is 5.07. The van der Waals surface area contributed by atoms with Crippen molar-refractivity contribution >= 4 is 40.7 Å². The van der Waals surface area contributed by atoms with Gasteiger partial charge in [0.1, 0.15) is 0 Å². The lowest BCUT2D eigenvalue weighted by atomic mass is 10.1. The lowest BCUT2D eigenvalue weighted by molar-refractivity contribution is 0.102. The first-order chi connectivity index (χ1) is 12.0. The number of ketones is 1. The number of carbonyl (C=O) groups is 1. The van der Waals surface area contributed by atoms with E-state index >= 15 is 0 Å². The monoisotopic (exact) mass is 391 g/mol. The Labute approximate surface area is 160 Å². The van der Waals surface area contributed by atoms with Crippen LogP contribution in [-0.4, -0.2) is 26.3 Å². The molecule has 1 aromatic heterocycles. The third-order valence-electron chi connectivity index (χ3n) is 3.72. The quantitative estimate of drug-likeness (QED) is 0.449. The number of hydrogen-bond acceptors (Lipinski definition) is 4. The molecular formula is C18H15Cl2N3OS. The molecule has 0 aliphatic heterocycles. The van der Waals surface area contributed by atoms with Gasteiger partial charge in [0.15, 0.2) is 16.8 Å². The van der Waals surface area contributed by atoms with Gasteiger partial charge in [-0.25, -0.2) is 0 Å². The van der Waals surface area contributed by atoms with Gasteiger partial charge < -0.3 is 4.57 Å². The molecule has 4 nitrogen and oxygen atoms in total. The van der Waals surface area contributed by atoms with E-state index in [2.05, 4.69) is 10.2 Å². The number of benzene rings is 2. The average molecular weight is 392 g/mol. The zero-order chi connectivity index (χ0) is 18.0. The van der Waals surface area contributed by atoms with Crippen molar-refractivity contribution in [1.29, 1.82) is 0 Å². The molecule has 2 aromatic carbocycles. The summed E-state index contributed by atoms with van der Waals surface area (Å²) in [5.41, 5.74) is 2.71. The molecule has 0 N–H and O–H groups in total. The molecule has 0 fully saturated rings.